The third-order valence-electron chi connectivity index (χ3n) is 6.27. The third kappa shape index (κ3) is 4.12. The number of aryl methyl sites for hydroxylation is 1. The van der Waals surface area contributed by atoms with Crippen molar-refractivity contribution in [3.63, 3.8) is 0 Å². The summed E-state index contributed by atoms with van der Waals surface area (Å²) in [5.74, 6) is 2.07. The lowest BCUT2D eigenvalue weighted by Crippen LogP contribution is -2.46. The summed E-state index contributed by atoms with van der Waals surface area (Å²) in [6.45, 7) is 6.54. The van der Waals surface area contributed by atoms with Crippen molar-refractivity contribution in [3.05, 3.63) is 11.8 Å². The standard InChI is InChI=1S/C20H34N6/c1-2-16-14-19(24-20(23-16)26-9-3-4-10-26)25-11-7-17(8-12-25)22-18-6-5-15(21)13-18/h14-15,17-18,22H,2-13,21H2,1H3. The average molecular weight is 359 g/mol. The molecule has 1 aromatic heterocycles. The van der Waals surface area contributed by atoms with Gasteiger partial charge in [-0.25, -0.2) is 4.98 Å². The van der Waals surface area contributed by atoms with Crippen LogP contribution in [-0.2, 0) is 6.42 Å². The zero-order chi connectivity index (χ0) is 17.9. The summed E-state index contributed by atoms with van der Waals surface area (Å²) in [6.07, 6.45) is 9.44. The summed E-state index contributed by atoms with van der Waals surface area (Å²) >= 11 is 0. The molecule has 4 rings (SSSR count). The number of nitrogens with two attached hydrogens (primary N) is 1. The van der Waals surface area contributed by atoms with Crippen LogP contribution in [0.1, 0.15) is 57.6 Å². The van der Waals surface area contributed by atoms with Crippen LogP contribution in [0.3, 0.4) is 0 Å². The number of aromatic nitrogens is 2. The molecular formula is C20H34N6. The van der Waals surface area contributed by atoms with Gasteiger partial charge in [0.05, 0.1) is 0 Å². The normalized spacial score (nSPS) is 27.5. The molecule has 0 spiro atoms. The molecule has 1 aliphatic carbocycles. The number of nitrogens with one attached hydrogen (secondary N) is 1. The van der Waals surface area contributed by atoms with Crippen LogP contribution in [0.5, 0.6) is 0 Å². The highest BCUT2D eigenvalue weighted by Gasteiger charge is 2.27. The van der Waals surface area contributed by atoms with Gasteiger partial charge >= 0.3 is 0 Å². The lowest BCUT2D eigenvalue weighted by atomic mass is 10.0. The van der Waals surface area contributed by atoms with Gasteiger partial charge < -0.3 is 20.9 Å². The number of piperidine rings is 1. The maximum atomic E-state index is 6.06. The Hall–Kier alpha value is -1.40. The summed E-state index contributed by atoms with van der Waals surface area (Å²) in [6, 6.07) is 3.87. The second kappa shape index (κ2) is 8.09. The van der Waals surface area contributed by atoms with Gasteiger partial charge in [-0.05, 0) is 51.4 Å². The Morgan fingerprint density at radius 1 is 1.00 bits per heavy atom. The molecule has 3 N–H and O–H groups in total. The Balaban J connectivity index is 1.38. The van der Waals surface area contributed by atoms with Crippen LogP contribution in [0.25, 0.3) is 0 Å². The molecule has 144 valence electrons. The molecule has 0 aromatic carbocycles. The van der Waals surface area contributed by atoms with Gasteiger partial charge in [0.15, 0.2) is 0 Å². The Morgan fingerprint density at radius 2 is 1.77 bits per heavy atom. The molecule has 2 aliphatic heterocycles. The van der Waals surface area contributed by atoms with E-state index < -0.39 is 0 Å². The van der Waals surface area contributed by atoms with Gasteiger partial charge in [-0.15, -0.1) is 0 Å². The molecule has 1 saturated carbocycles. The SMILES string of the molecule is CCc1cc(N2CCC(NC3CCC(N)C3)CC2)nc(N2CCCC2)n1. The first kappa shape index (κ1) is 18.0. The molecule has 1 aromatic rings. The van der Waals surface area contributed by atoms with Crippen LogP contribution in [0.4, 0.5) is 11.8 Å². The Kier molecular flexibility index (Phi) is 5.60. The summed E-state index contributed by atoms with van der Waals surface area (Å²) in [5, 5.41) is 3.85. The van der Waals surface area contributed by atoms with Gasteiger partial charge in [-0.2, -0.15) is 4.98 Å². The van der Waals surface area contributed by atoms with Crippen molar-refractivity contribution in [2.45, 2.75) is 76.4 Å². The van der Waals surface area contributed by atoms with E-state index in [0.717, 1.165) is 56.5 Å². The Labute approximate surface area is 157 Å². The van der Waals surface area contributed by atoms with Crippen molar-refractivity contribution in [1.29, 1.82) is 0 Å². The second-order valence-corrected chi connectivity index (χ2v) is 8.26. The lowest BCUT2D eigenvalue weighted by Gasteiger charge is -2.35. The highest BCUT2D eigenvalue weighted by Crippen LogP contribution is 2.25. The van der Waals surface area contributed by atoms with E-state index in [-0.39, 0.29) is 0 Å². The minimum Gasteiger partial charge on any atom is -0.356 e. The monoisotopic (exact) mass is 358 g/mol. The van der Waals surface area contributed by atoms with E-state index in [1.165, 1.54) is 38.5 Å². The van der Waals surface area contributed by atoms with Crippen LogP contribution in [0, 0.1) is 0 Å². The maximum absolute atomic E-state index is 6.06. The van der Waals surface area contributed by atoms with Gasteiger partial charge in [0, 0.05) is 56.1 Å². The highest BCUT2D eigenvalue weighted by molar-refractivity contribution is 5.47. The third-order valence-corrected chi connectivity index (χ3v) is 6.27. The van der Waals surface area contributed by atoms with Gasteiger partial charge in [0.25, 0.3) is 0 Å². The fourth-order valence-electron chi connectivity index (χ4n) is 4.65. The molecule has 0 amide bonds. The molecule has 2 atom stereocenters. The molecule has 6 nitrogen and oxygen atoms in total. The lowest BCUT2D eigenvalue weighted by molar-refractivity contribution is 0.365. The van der Waals surface area contributed by atoms with Crippen LogP contribution in [-0.4, -0.2) is 54.3 Å². The van der Waals surface area contributed by atoms with Crippen molar-refractivity contribution in [3.8, 4) is 0 Å². The van der Waals surface area contributed by atoms with Crippen LogP contribution in [0.2, 0.25) is 0 Å². The molecule has 0 radical (unpaired) electrons. The van der Waals surface area contributed by atoms with E-state index in [2.05, 4.69) is 28.1 Å². The molecule has 3 heterocycles. The minimum atomic E-state index is 0.407. The minimum absolute atomic E-state index is 0.407. The van der Waals surface area contributed by atoms with E-state index in [0.29, 0.717) is 18.1 Å². The zero-order valence-corrected chi connectivity index (χ0v) is 16.2. The van der Waals surface area contributed by atoms with Crippen LogP contribution >= 0.6 is 0 Å². The molecule has 3 aliphatic rings. The summed E-state index contributed by atoms with van der Waals surface area (Å²) in [4.78, 5) is 14.5. The Morgan fingerprint density at radius 3 is 2.42 bits per heavy atom. The molecule has 0 bridgehead atoms. The quantitative estimate of drug-likeness (QED) is 0.840. The van der Waals surface area contributed by atoms with Crippen LogP contribution < -0.4 is 20.9 Å². The molecule has 3 fully saturated rings. The number of rotatable bonds is 5. The van der Waals surface area contributed by atoms with E-state index in [4.69, 9.17) is 15.7 Å². The smallest absolute Gasteiger partial charge is 0.227 e. The molecule has 2 saturated heterocycles. The van der Waals surface area contributed by atoms with Crippen molar-refractivity contribution >= 4 is 11.8 Å². The molecular weight excluding hydrogens is 324 g/mol. The van der Waals surface area contributed by atoms with E-state index in [9.17, 15) is 0 Å². The van der Waals surface area contributed by atoms with Crippen LogP contribution in [0.15, 0.2) is 6.07 Å². The Bertz CT molecular complexity index is 592. The van der Waals surface area contributed by atoms with Crippen molar-refractivity contribution in [2.75, 3.05) is 36.0 Å². The molecule has 2 unspecified atom stereocenters. The number of hydrogen-bond donors (Lipinski definition) is 2. The predicted octanol–water partition coefficient (Wildman–Crippen LogP) is 2.08. The van der Waals surface area contributed by atoms with Gasteiger partial charge in [-0.3, -0.25) is 0 Å². The summed E-state index contributed by atoms with van der Waals surface area (Å²) in [5.41, 5.74) is 7.22. The zero-order valence-electron chi connectivity index (χ0n) is 16.2. The van der Waals surface area contributed by atoms with Gasteiger partial charge in [0.2, 0.25) is 5.95 Å². The number of hydrogen-bond acceptors (Lipinski definition) is 6. The first-order chi connectivity index (χ1) is 12.7. The largest absolute Gasteiger partial charge is 0.356 e. The first-order valence-electron chi connectivity index (χ1n) is 10.6. The molecule has 26 heavy (non-hydrogen) atoms. The number of nitrogens with zero attached hydrogens (tertiary/aromatic N) is 4. The second-order valence-electron chi connectivity index (χ2n) is 8.26. The first-order valence-corrected chi connectivity index (χ1v) is 10.6. The van der Waals surface area contributed by atoms with Gasteiger partial charge in [0.1, 0.15) is 5.82 Å². The van der Waals surface area contributed by atoms with Crippen molar-refractivity contribution in [2.24, 2.45) is 5.73 Å². The summed E-state index contributed by atoms with van der Waals surface area (Å²) in [7, 11) is 0. The van der Waals surface area contributed by atoms with E-state index in [1.807, 2.05) is 0 Å². The maximum Gasteiger partial charge on any atom is 0.227 e. The fraction of sp³-hybridized carbons (Fsp3) is 0.800. The fourth-order valence-corrected chi connectivity index (χ4v) is 4.65. The average Bonchev–Trinajstić information content (AvgIpc) is 3.34. The van der Waals surface area contributed by atoms with E-state index in [1.54, 1.807) is 0 Å². The summed E-state index contributed by atoms with van der Waals surface area (Å²) < 4.78 is 0. The topological polar surface area (TPSA) is 70.3 Å². The predicted molar refractivity (Wildman–Crippen MR) is 107 cm³/mol. The molecule has 6 heteroatoms. The highest BCUT2D eigenvalue weighted by atomic mass is 15.3. The van der Waals surface area contributed by atoms with Crippen molar-refractivity contribution < 1.29 is 0 Å². The van der Waals surface area contributed by atoms with E-state index >= 15 is 0 Å². The number of anilines is 2. The van der Waals surface area contributed by atoms with Gasteiger partial charge in [-0.1, -0.05) is 6.92 Å². The van der Waals surface area contributed by atoms with Crippen molar-refractivity contribution in [1.82, 2.24) is 15.3 Å².